The standard InChI is InChI=1S/C18H25O4P/c1-6-12-16(15-13-10-9-11-14-15)18(4,5)17(19)23(20,21-7-2)22-8-3/h6,9-11,13-14H,7-8H2,1-5H3. The molecule has 1 rings (SSSR count). The molecular weight excluding hydrogens is 311 g/mol. The first-order valence-electron chi connectivity index (χ1n) is 7.74. The van der Waals surface area contributed by atoms with Crippen LogP contribution in [0.25, 0.3) is 5.57 Å². The number of carbonyl (C=O) groups is 1. The fourth-order valence-corrected chi connectivity index (χ4v) is 4.10. The molecule has 0 saturated carbocycles. The van der Waals surface area contributed by atoms with Gasteiger partial charge in [-0.2, -0.15) is 0 Å². The largest absolute Gasteiger partial charge is 0.397 e. The van der Waals surface area contributed by atoms with Crippen LogP contribution in [0.1, 0.15) is 40.2 Å². The third-order valence-electron chi connectivity index (χ3n) is 3.36. The van der Waals surface area contributed by atoms with E-state index in [1.807, 2.05) is 37.3 Å². The second kappa shape index (κ2) is 8.42. The van der Waals surface area contributed by atoms with Gasteiger partial charge in [-0.25, -0.2) is 0 Å². The SMILES string of the molecule is CC=C=C(c1ccccc1)C(C)(C)C(=O)P(=O)(OCC)OCC. The predicted molar refractivity (Wildman–Crippen MR) is 93.3 cm³/mol. The molecule has 0 heterocycles. The molecule has 23 heavy (non-hydrogen) atoms. The van der Waals surface area contributed by atoms with E-state index in [1.54, 1.807) is 33.8 Å². The summed E-state index contributed by atoms with van der Waals surface area (Å²) in [4.78, 5) is 13.0. The number of benzene rings is 1. The van der Waals surface area contributed by atoms with Gasteiger partial charge >= 0.3 is 7.60 Å². The average molecular weight is 336 g/mol. The zero-order valence-corrected chi connectivity index (χ0v) is 15.4. The van der Waals surface area contributed by atoms with E-state index >= 15 is 0 Å². The molecular formula is C18H25O4P. The maximum atomic E-state index is 13.0. The Labute approximate surface area is 138 Å². The van der Waals surface area contributed by atoms with Gasteiger partial charge in [0.1, 0.15) is 0 Å². The summed E-state index contributed by atoms with van der Waals surface area (Å²) in [5.41, 5.74) is 3.01. The van der Waals surface area contributed by atoms with E-state index in [0.717, 1.165) is 5.56 Å². The van der Waals surface area contributed by atoms with Crippen LogP contribution >= 0.6 is 7.60 Å². The van der Waals surface area contributed by atoms with Gasteiger partial charge in [0.05, 0.1) is 18.6 Å². The molecule has 0 saturated heterocycles. The molecule has 0 amide bonds. The summed E-state index contributed by atoms with van der Waals surface area (Å²) in [6.07, 6.45) is 1.74. The van der Waals surface area contributed by atoms with E-state index in [4.69, 9.17) is 9.05 Å². The molecule has 0 aliphatic rings. The number of rotatable bonds is 8. The molecule has 5 heteroatoms. The summed E-state index contributed by atoms with van der Waals surface area (Å²) in [7, 11) is -3.84. The molecule has 0 aliphatic carbocycles. The smallest absolute Gasteiger partial charge is 0.303 e. The van der Waals surface area contributed by atoms with E-state index in [-0.39, 0.29) is 13.2 Å². The van der Waals surface area contributed by atoms with Crippen LogP contribution < -0.4 is 0 Å². The van der Waals surface area contributed by atoms with Crippen molar-refractivity contribution in [2.75, 3.05) is 13.2 Å². The van der Waals surface area contributed by atoms with E-state index in [1.165, 1.54) is 0 Å². The van der Waals surface area contributed by atoms with E-state index in [0.29, 0.717) is 5.57 Å². The van der Waals surface area contributed by atoms with Crippen molar-refractivity contribution in [2.45, 2.75) is 34.6 Å². The Kier molecular flexibility index (Phi) is 7.18. The van der Waals surface area contributed by atoms with Crippen molar-refractivity contribution >= 4 is 18.7 Å². The summed E-state index contributed by atoms with van der Waals surface area (Å²) < 4.78 is 23.3. The second-order valence-corrected chi connectivity index (χ2v) is 7.35. The second-order valence-electron chi connectivity index (χ2n) is 5.44. The topological polar surface area (TPSA) is 52.6 Å². The van der Waals surface area contributed by atoms with Crippen LogP contribution in [-0.2, 0) is 18.4 Å². The van der Waals surface area contributed by atoms with Gasteiger partial charge in [0, 0.05) is 5.57 Å². The molecule has 0 aromatic heterocycles. The fraction of sp³-hybridized carbons (Fsp3) is 0.444. The zero-order valence-electron chi connectivity index (χ0n) is 14.5. The Hall–Kier alpha value is -1.44. The Morgan fingerprint density at radius 2 is 1.70 bits per heavy atom. The molecule has 0 atom stereocenters. The molecule has 126 valence electrons. The van der Waals surface area contributed by atoms with Gasteiger partial charge < -0.3 is 9.05 Å². The first-order chi connectivity index (χ1) is 10.8. The van der Waals surface area contributed by atoms with Gasteiger partial charge in [0.2, 0.25) is 0 Å². The van der Waals surface area contributed by atoms with Crippen molar-refractivity contribution in [1.29, 1.82) is 0 Å². The maximum Gasteiger partial charge on any atom is 0.397 e. The highest BCUT2D eigenvalue weighted by Crippen LogP contribution is 2.56. The Morgan fingerprint density at radius 3 is 2.13 bits per heavy atom. The van der Waals surface area contributed by atoms with Crippen molar-refractivity contribution in [3.05, 3.63) is 47.7 Å². The highest BCUT2D eigenvalue weighted by atomic mass is 31.2. The van der Waals surface area contributed by atoms with E-state index < -0.39 is 18.5 Å². The summed E-state index contributed by atoms with van der Waals surface area (Å²) in [6.45, 7) is 8.93. The van der Waals surface area contributed by atoms with Crippen molar-refractivity contribution in [3.8, 4) is 0 Å². The molecule has 0 unspecified atom stereocenters. The van der Waals surface area contributed by atoms with Gasteiger partial charge in [0.25, 0.3) is 5.52 Å². The molecule has 0 aliphatic heterocycles. The molecule has 0 spiro atoms. The predicted octanol–water partition coefficient (Wildman–Crippen LogP) is 5.06. The number of carbonyl (C=O) groups excluding carboxylic acids is 1. The highest BCUT2D eigenvalue weighted by molar-refractivity contribution is 7.72. The maximum absolute atomic E-state index is 13.0. The van der Waals surface area contributed by atoms with Crippen LogP contribution in [-0.4, -0.2) is 18.7 Å². The van der Waals surface area contributed by atoms with E-state index in [2.05, 4.69) is 5.73 Å². The minimum atomic E-state index is -3.84. The number of hydrogen-bond donors (Lipinski definition) is 0. The van der Waals surface area contributed by atoms with Crippen molar-refractivity contribution in [1.82, 2.24) is 0 Å². The lowest BCUT2D eigenvalue weighted by atomic mass is 9.82. The first kappa shape index (κ1) is 19.6. The van der Waals surface area contributed by atoms with Gasteiger partial charge in [-0.1, -0.05) is 30.3 Å². The van der Waals surface area contributed by atoms with Crippen molar-refractivity contribution in [2.24, 2.45) is 5.41 Å². The first-order valence-corrected chi connectivity index (χ1v) is 9.29. The summed E-state index contributed by atoms with van der Waals surface area (Å²) in [5.74, 6) is 0. The lowest BCUT2D eigenvalue weighted by molar-refractivity contribution is -0.119. The van der Waals surface area contributed by atoms with Crippen LogP contribution in [0.4, 0.5) is 0 Å². The summed E-state index contributed by atoms with van der Waals surface area (Å²) in [5, 5.41) is 0. The fourth-order valence-electron chi connectivity index (χ4n) is 2.32. The minimum Gasteiger partial charge on any atom is -0.303 e. The van der Waals surface area contributed by atoms with Crippen LogP contribution in [0.15, 0.2) is 42.1 Å². The van der Waals surface area contributed by atoms with Crippen LogP contribution in [0.2, 0.25) is 0 Å². The lowest BCUT2D eigenvalue weighted by Gasteiger charge is -2.28. The number of allylic oxidation sites excluding steroid dienone is 1. The Morgan fingerprint density at radius 1 is 1.17 bits per heavy atom. The molecule has 1 aromatic rings. The summed E-state index contributed by atoms with van der Waals surface area (Å²) in [6, 6.07) is 9.47. The normalized spacial score (nSPS) is 11.7. The molecule has 4 nitrogen and oxygen atoms in total. The molecule has 0 N–H and O–H groups in total. The third kappa shape index (κ3) is 4.53. The molecule has 0 radical (unpaired) electrons. The van der Waals surface area contributed by atoms with E-state index in [9.17, 15) is 9.36 Å². The molecule has 0 bridgehead atoms. The minimum absolute atomic E-state index is 0.146. The Balaban J connectivity index is 3.38. The molecule has 1 aromatic carbocycles. The monoisotopic (exact) mass is 336 g/mol. The lowest BCUT2D eigenvalue weighted by Crippen LogP contribution is -2.27. The van der Waals surface area contributed by atoms with Crippen LogP contribution in [0.5, 0.6) is 0 Å². The van der Waals surface area contributed by atoms with Crippen molar-refractivity contribution in [3.63, 3.8) is 0 Å². The number of hydrogen-bond acceptors (Lipinski definition) is 4. The van der Waals surface area contributed by atoms with Crippen molar-refractivity contribution < 1.29 is 18.4 Å². The van der Waals surface area contributed by atoms with Gasteiger partial charge in [-0.05, 0) is 46.3 Å². The van der Waals surface area contributed by atoms with Crippen LogP contribution in [0.3, 0.4) is 0 Å². The molecule has 0 fully saturated rings. The van der Waals surface area contributed by atoms with Crippen LogP contribution in [0, 0.1) is 5.41 Å². The summed E-state index contributed by atoms with van der Waals surface area (Å²) >= 11 is 0. The Bertz CT molecular complexity index is 630. The highest BCUT2D eigenvalue weighted by Gasteiger charge is 2.46. The quantitative estimate of drug-likeness (QED) is 0.491. The average Bonchev–Trinajstić information content (AvgIpc) is 2.53. The zero-order chi connectivity index (χ0) is 17.5. The van der Waals surface area contributed by atoms with Gasteiger partial charge in [-0.3, -0.25) is 9.36 Å². The third-order valence-corrected chi connectivity index (χ3v) is 5.61. The van der Waals surface area contributed by atoms with Gasteiger partial charge in [0.15, 0.2) is 0 Å². The van der Waals surface area contributed by atoms with Gasteiger partial charge in [-0.15, -0.1) is 5.73 Å².